The quantitative estimate of drug-likeness (QED) is 0.308. The van der Waals surface area contributed by atoms with Crippen LogP contribution in [0.1, 0.15) is 15.9 Å². The van der Waals surface area contributed by atoms with Crippen LogP contribution in [0.4, 0.5) is 0 Å². The Morgan fingerprint density at radius 1 is 1.00 bits per heavy atom. The van der Waals surface area contributed by atoms with Gasteiger partial charge in [0.1, 0.15) is 6.61 Å². The number of carbonyl (C=O) groups is 1. The van der Waals surface area contributed by atoms with Gasteiger partial charge in [0.05, 0.1) is 11.7 Å². The van der Waals surface area contributed by atoms with Crippen LogP contribution in [0.5, 0.6) is 5.75 Å². The molecule has 146 valence electrons. The van der Waals surface area contributed by atoms with Crippen molar-refractivity contribution in [1.29, 1.82) is 0 Å². The third kappa shape index (κ3) is 3.83. The molecule has 0 saturated heterocycles. The molecule has 29 heavy (non-hydrogen) atoms. The number of phenols is 1. The van der Waals surface area contributed by atoms with Crippen molar-refractivity contribution in [2.75, 3.05) is 6.61 Å². The Balaban J connectivity index is 1.57. The topological polar surface area (TPSA) is 97.0 Å². The van der Waals surface area contributed by atoms with E-state index in [1.165, 1.54) is 6.07 Å². The summed E-state index contributed by atoms with van der Waals surface area (Å²) < 4.78 is 10.4. The molecule has 0 amide bonds. The van der Waals surface area contributed by atoms with Gasteiger partial charge >= 0.3 is 11.6 Å². The van der Waals surface area contributed by atoms with E-state index in [2.05, 4.69) is 0 Å². The van der Waals surface area contributed by atoms with Gasteiger partial charge in [-0.15, -0.1) is 0 Å². The SMILES string of the molecule is O=C(OC[C@@H](O)Cc1cc2c(oc1=O)c(O)cc1ccccc12)c1ccccc1. The van der Waals surface area contributed by atoms with Gasteiger partial charge in [-0.05, 0) is 35.0 Å². The Morgan fingerprint density at radius 2 is 1.72 bits per heavy atom. The Morgan fingerprint density at radius 3 is 2.52 bits per heavy atom. The minimum Gasteiger partial charge on any atom is -0.504 e. The zero-order valence-electron chi connectivity index (χ0n) is 15.4. The molecular formula is C23H18O6. The summed E-state index contributed by atoms with van der Waals surface area (Å²) in [5.74, 6) is -0.675. The Bertz CT molecular complexity index is 1240. The third-order valence-electron chi connectivity index (χ3n) is 4.67. The van der Waals surface area contributed by atoms with Crippen LogP contribution in [-0.2, 0) is 11.2 Å². The van der Waals surface area contributed by atoms with Gasteiger partial charge in [-0.25, -0.2) is 9.59 Å². The van der Waals surface area contributed by atoms with Crippen LogP contribution in [0.15, 0.2) is 75.9 Å². The minimum absolute atomic E-state index is 0.0513. The van der Waals surface area contributed by atoms with Crippen LogP contribution in [-0.4, -0.2) is 28.9 Å². The highest BCUT2D eigenvalue weighted by atomic mass is 16.5. The highest BCUT2D eigenvalue weighted by Crippen LogP contribution is 2.32. The fourth-order valence-corrected chi connectivity index (χ4v) is 3.27. The summed E-state index contributed by atoms with van der Waals surface area (Å²) in [6.07, 6.45) is -1.13. The van der Waals surface area contributed by atoms with Crippen LogP contribution >= 0.6 is 0 Å². The van der Waals surface area contributed by atoms with Gasteiger partial charge in [0.25, 0.3) is 0 Å². The lowest BCUT2D eigenvalue weighted by Crippen LogP contribution is -2.23. The number of aliphatic hydroxyl groups excluding tert-OH is 1. The number of fused-ring (bicyclic) bond motifs is 3. The van der Waals surface area contributed by atoms with E-state index in [-0.39, 0.29) is 29.9 Å². The molecule has 0 bridgehead atoms. The molecule has 1 heterocycles. The molecule has 0 radical (unpaired) electrons. The molecule has 1 aromatic heterocycles. The fraction of sp³-hybridized carbons (Fsp3) is 0.130. The predicted molar refractivity (Wildman–Crippen MR) is 108 cm³/mol. The van der Waals surface area contributed by atoms with Crippen LogP contribution in [0.2, 0.25) is 0 Å². The monoisotopic (exact) mass is 390 g/mol. The van der Waals surface area contributed by atoms with Gasteiger partial charge in [0.15, 0.2) is 11.3 Å². The van der Waals surface area contributed by atoms with E-state index < -0.39 is 17.7 Å². The molecule has 0 saturated carbocycles. The number of phenolic OH excluding ortho intramolecular Hbond substituents is 1. The lowest BCUT2D eigenvalue weighted by Gasteiger charge is -2.12. The van der Waals surface area contributed by atoms with E-state index in [0.717, 1.165) is 10.8 Å². The smallest absolute Gasteiger partial charge is 0.339 e. The van der Waals surface area contributed by atoms with Crippen molar-refractivity contribution in [3.8, 4) is 5.75 Å². The summed E-state index contributed by atoms with van der Waals surface area (Å²) in [5, 5.41) is 22.6. The first-order valence-corrected chi connectivity index (χ1v) is 9.10. The number of carbonyl (C=O) groups excluding carboxylic acids is 1. The maximum absolute atomic E-state index is 12.3. The van der Waals surface area contributed by atoms with E-state index >= 15 is 0 Å². The number of esters is 1. The zero-order valence-corrected chi connectivity index (χ0v) is 15.4. The van der Waals surface area contributed by atoms with Crippen LogP contribution < -0.4 is 5.63 Å². The molecule has 4 rings (SSSR count). The standard InChI is InChI=1S/C23H18O6/c24-17(13-28-22(26)14-6-2-1-3-7-14)10-16-11-19-18-9-5-4-8-15(18)12-20(25)21(19)29-23(16)27/h1-9,11-12,17,24-25H,10,13H2/t17-/m0/s1. The van der Waals surface area contributed by atoms with Crippen LogP contribution in [0.25, 0.3) is 21.7 Å². The largest absolute Gasteiger partial charge is 0.504 e. The minimum atomic E-state index is -1.08. The lowest BCUT2D eigenvalue weighted by molar-refractivity contribution is 0.0257. The molecule has 0 fully saturated rings. The Labute approximate surface area is 165 Å². The molecule has 3 aromatic carbocycles. The number of ether oxygens (including phenoxy) is 1. The lowest BCUT2D eigenvalue weighted by atomic mass is 10.0. The van der Waals surface area contributed by atoms with Gasteiger partial charge in [-0.3, -0.25) is 0 Å². The Hall–Kier alpha value is -3.64. The van der Waals surface area contributed by atoms with E-state index in [1.54, 1.807) is 36.4 Å². The molecule has 6 nitrogen and oxygen atoms in total. The summed E-state index contributed by atoms with van der Waals surface area (Å²) in [5.41, 5.74) is 0.0577. The third-order valence-corrected chi connectivity index (χ3v) is 4.67. The first-order chi connectivity index (χ1) is 14.0. The average molecular weight is 390 g/mol. The summed E-state index contributed by atoms with van der Waals surface area (Å²) in [6.45, 7) is -0.258. The molecule has 1 atom stereocenters. The number of benzene rings is 3. The number of aromatic hydroxyl groups is 1. The first kappa shape index (κ1) is 18.7. The van der Waals surface area contributed by atoms with Crippen molar-refractivity contribution in [2.24, 2.45) is 0 Å². The second-order valence-corrected chi connectivity index (χ2v) is 6.74. The highest BCUT2D eigenvalue weighted by Gasteiger charge is 2.17. The second-order valence-electron chi connectivity index (χ2n) is 6.74. The zero-order chi connectivity index (χ0) is 20.4. The van der Waals surface area contributed by atoms with Gasteiger partial charge in [0, 0.05) is 17.4 Å². The number of rotatable bonds is 5. The van der Waals surface area contributed by atoms with Crippen molar-refractivity contribution >= 4 is 27.7 Å². The molecule has 0 aliphatic rings. The predicted octanol–water partition coefficient (Wildman–Crippen LogP) is 3.41. The fourth-order valence-electron chi connectivity index (χ4n) is 3.27. The molecule has 0 unspecified atom stereocenters. The molecular weight excluding hydrogens is 372 g/mol. The molecule has 2 N–H and O–H groups in total. The van der Waals surface area contributed by atoms with Gasteiger partial charge in [-0.1, -0.05) is 42.5 Å². The van der Waals surface area contributed by atoms with E-state index in [0.29, 0.717) is 10.9 Å². The summed E-state index contributed by atoms with van der Waals surface area (Å²) in [6, 6.07) is 19.0. The molecule has 0 aliphatic carbocycles. The average Bonchev–Trinajstić information content (AvgIpc) is 2.74. The maximum Gasteiger partial charge on any atom is 0.339 e. The molecule has 0 aliphatic heterocycles. The van der Waals surface area contributed by atoms with E-state index in [1.807, 2.05) is 24.3 Å². The number of hydrogen-bond acceptors (Lipinski definition) is 6. The van der Waals surface area contributed by atoms with Gasteiger partial charge in [-0.2, -0.15) is 0 Å². The van der Waals surface area contributed by atoms with Crippen molar-refractivity contribution in [2.45, 2.75) is 12.5 Å². The number of aliphatic hydroxyl groups is 1. The summed E-state index contributed by atoms with van der Waals surface area (Å²) in [7, 11) is 0. The molecule has 6 heteroatoms. The maximum atomic E-state index is 12.3. The van der Waals surface area contributed by atoms with Crippen molar-refractivity contribution in [1.82, 2.24) is 0 Å². The van der Waals surface area contributed by atoms with Crippen molar-refractivity contribution < 1.29 is 24.2 Å². The second kappa shape index (κ2) is 7.77. The summed E-state index contributed by atoms with van der Waals surface area (Å²) in [4.78, 5) is 24.3. The van der Waals surface area contributed by atoms with Crippen LogP contribution in [0, 0.1) is 0 Å². The van der Waals surface area contributed by atoms with Gasteiger partial charge < -0.3 is 19.4 Å². The van der Waals surface area contributed by atoms with Gasteiger partial charge in [0.2, 0.25) is 0 Å². The first-order valence-electron chi connectivity index (χ1n) is 9.10. The van der Waals surface area contributed by atoms with Crippen LogP contribution in [0.3, 0.4) is 0 Å². The summed E-state index contributed by atoms with van der Waals surface area (Å²) >= 11 is 0. The van der Waals surface area contributed by atoms with Crippen molar-refractivity contribution in [3.63, 3.8) is 0 Å². The normalized spacial score (nSPS) is 12.2. The van der Waals surface area contributed by atoms with E-state index in [9.17, 15) is 19.8 Å². The number of hydrogen-bond donors (Lipinski definition) is 2. The van der Waals surface area contributed by atoms with E-state index in [4.69, 9.17) is 9.15 Å². The highest BCUT2D eigenvalue weighted by molar-refractivity contribution is 6.08. The molecule has 4 aromatic rings. The van der Waals surface area contributed by atoms with Crippen molar-refractivity contribution in [3.05, 3.63) is 88.3 Å². The Kier molecular flexibility index (Phi) is 5.01. The molecule has 0 spiro atoms.